The number of piperazine rings is 1. The van der Waals surface area contributed by atoms with Crippen molar-refractivity contribution in [2.24, 2.45) is 0 Å². The fourth-order valence-corrected chi connectivity index (χ4v) is 5.53. The first kappa shape index (κ1) is 23.0. The highest BCUT2D eigenvalue weighted by molar-refractivity contribution is 7.89. The minimum atomic E-state index is -3.83. The second-order valence-corrected chi connectivity index (χ2v) is 9.88. The van der Waals surface area contributed by atoms with Crippen LogP contribution in [-0.2, 0) is 14.8 Å². The van der Waals surface area contributed by atoms with Gasteiger partial charge in [0.05, 0.1) is 11.6 Å². The molecule has 0 radical (unpaired) electrons. The first-order valence-electron chi connectivity index (χ1n) is 9.41. The van der Waals surface area contributed by atoms with Crippen LogP contribution in [0.2, 0.25) is 10.0 Å². The molecule has 2 aromatic rings. The minimum Gasteiger partial charge on any atom is -0.395 e. The van der Waals surface area contributed by atoms with Crippen molar-refractivity contribution in [1.29, 1.82) is 0 Å². The first-order chi connectivity index (χ1) is 15.0. The molecular formula is C19H17Cl2F2N3O5S. The van der Waals surface area contributed by atoms with Crippen LogP contribution >= 0.6 is 23.2 Å². The zero-order valence-electron chi connectivity index (χ0n) is 16.4. The van der Waals surface area contributed by atoms with Gasteiger partial charge in [0.1, 0.15) is 4.90 Å². The van der Waals surface area contributed by atoms with Gasteiger partial charge in [-0.05, 0) is 30.3 Å². The second kappa shape index (κ2) is 8.64. The van der Waals surface area contributed by atoms with E-state index in [2.05, 4.69) is 14.8 Å². The van der Waals surface area contributed by atoms with Gasteiger partial charge in [0, 0.05) is 43.0 Å². The van der Waals surface area contributed by atoms with Gasteiger partial charge in [0.15, 0.2) is 11.5 Å². The van der Waals surface area contributed by atoms with E-state index in [4.69, 9.17) is 23.2 Å². The van der Waals surface area contributed by atoms with E-state index in [0.717, 1.165) is 0 Å². The summed E-state index contributed by atoms with van der Waals surface area (Å²) in [5.41, 5.74) is 0.270. The third kappa shape index (κ3) is 4.91. The monoisotopic (exact) mass is 507 g/mol. The number of ether oxygens (including phenoxy) is 2. The van der Waals surface area contributed by atoms with E-state index >= 15 is 0 Å². The maximum atomic E-state index is 13.1. The second-order valence-electron chi connectivity index (χ2n) is 7.13. The Labute approximate surface area is 192 Å². The number of fused-ring (bicyclic) bond motifs is 1. The van der Waals surface area contributed by atoms with Crippen molar-refractivity contribution in [3.8, 4) is 11.5 Å². The molecule has 1 amide bonds. The Kier molecular flexibility index (Phi) is 6.21. The van der Waals surface area contributed by atoms with Crippen molar-refractivity contribution in [3.63, 3.8) is 0 Å². The molecule has 2 aliphatic heterocycles. The number of anilines is 1. The zero-order chi connectivity index (χ0) is 23.1. The average molecular weight is 508 g/mol. The number of sulfonamides is 1. The van der Waals surface area contributed by atoms with Crippen LogP contribution in [0.15, 0.2) is 41.3 Å². The lowest BCUT2D eigenvalue weighted by Gasteiger charge is -2.33. The zero-order valence-corrected chi connectivity index (χ0v) is 18.7. The van der Waals surface area contributed by atoms with Crippen LogP contribution in [0.4, 0.5) is 14.5 Å². The molecule has 0 unspecified atom stereocenters. The van der Waals surface area contributed by atoms with E-state index in [1.807, 2.05) is 0 Å². The Hall–Kier alpha value is -2.18. The summed E-state index contributed by atoms with van der Waals surface area (Å²) < 4.78 is 61.9. The third-order valence-electron chi connectivity index (χ3n) is 4.89. The highest BCUT2D eigenvalue weighted by Crippen LogP contribution is 2.42. The molecule has 2 aromatic carbocycles. The summed E-state index contributed by atoms with van der Waals surface area (Å²) in [6.45, 7) is 0.960. The molecule has 2 heterocycles. The van der Waals surface area contributed by atoms with E-state index in [1.54, 1.807) is 4.90 Å². The Bertz CT molecular complexity index is 1160. The predicted molar refractivity (Wildman–Crippen MR) is 113 cm³/mol. The number of hydrogen-bond acceptors (Lipinski definition) is 6. The molecule has 1 saturated heterocycles. The van der Waals surface area contributed by atoms with Gasteiger partial charge in [0.25, 0.3) is 0 Å². The molecule has 1 N–H and O–H groups in total. The summed E-state index contributed by atoms with van der Waals surface area (Å²) in [6, 6.07) is 8.17. The smallest absolute Gasteiger partial charge is 0.395 e. The van der Waals surface area contributed by atoms with Crippen molar-refractivity contribution in [1.82, 2.24) is 9.21 Å². The number of halogens is 4. The molecule has 0 bridgehead atoms. The molecule has 1 fully saturated rings. The fourth-order valence-electron chi connectivity index (χ4n) is 3.37. The van der Waals surface area contributed by atoms with Crippen LogP contribution in [0, 0.1) is 0 Å². The van der Waals surface area contributed by atoms with Crippen LogP contribution in [0.25, 0.3) is 0 Å². The summed E-state index contributed by atoms with van der Waals surface area (Å²) in [4.78, 5) is 14.1. The summed E-state index contributed by atoms with van der Waals surface area (Å²) in [7, 11) is -3.83. The van der Waals surface area contributed by atoms with E-state index in [-0.39, 0.29) is 57.7 Å². The van der Waals surface area contributed by atoms with Crippen LogP contribution in [-0.4, -0.2) is 62.5 Å². The SMILES string of the molecule is O=C(CN1CCN(S(=O)(=O)c2cc(Cl)ccc2Cl)CC1)Nc1ccc2c(c1)OC(F)(F)O2. The molecule has 0 atom stereocenters. The quantitative estimate of drug-likeness (QED) is 0.668. The molecule has 32 heavy (non-hydrogen) atoms. The van der Waals surface area contributed by atoms with Gasteiger partial charge in [-0.2, -0.15) is 4.31 Å². The third-order valence-corrected chi connectivity index (χ3v) is 7.51. The van der Waals surface area contributed by atoms with Gasteiger partial charge in [-0.1, -0.05) is 23.2 Å². The number of benzene rings is 2. The number of hydrogen-bond donors (Lipinski definition) is 1. The normalized spacial score (nSPS) is 18.5. The standard InChI is InChI=1S/C19H17Cl2F2N3O5S/c20-12-1-3-14(21)17(9-12)32(28,29)26-7-5-25(6-8-26)11-18(27)24-13-2-4-15-16(10-13)31-19(22,23)30-15/h1-4,9-10H,5-8,11H2,(H,24,27). The Morgan fingerprint density at radius 3 is 2.44 bits per heavy atom. The molecule has 0 aliphatic carbocycles. The molecule has 0 saturated carbocycles. The molecule has 0 aromatic heterocycles. The van der Waals surface area contributed by atoms with E-state index in [9.17, 15) is 22.0 Å². The van der Waals surface area contributed by atoms with Gasteiger partial charge in [-0.25, -0.2) is 8.42 Å². The van der Waals surface area contributed by atoms with Crippen LogP contribution < -0.4 is 14.8 Å². The molecule has 2 aliphatic rings. The number of nitrogens with zero attached hydrogens (tertiary/aromatic N) is 2. The number of nitrogens with one attached hydrogen (secondary N) is 1. The van der Waals surface area contributed by atoms with Crippen molar-refractivity contribution < 1.29 is 31.5 Å². The summed E-state index contributed by atoms with van der Waals surface area (Å²) >= 11 is 11.9. The first-order valence-corrected chi connectivity index (χ1v) is 11.6. The molecule has 8 nitrogen and oxygen atoms in total. The lowest BCUT2D eigenvalue weighted by molar-refractivity contribution is -0.286. The summed E-state index contributed by atoms with van der Waals surface area (Å²) in [5, 5.41) is 2.94. The van der Waals surface area contributed by atoms with Crippen molar-refractivity contribution >= 4 is 44.8 Å². The van der Waals surface area contributed by atoms with Crippen LogP contribution in [0.3, 0.4) is 0 Å². The van der Waals surface area contributed by atoms with Crippen molar-refractivity contribution in [3.05, 3.63) is 46.4 Å². The van der Waals surface area contributed by atoms with Gasteiger partial charge in [-0.15, -0.1) is 8.78 Å². The lowest BCUT2D eigenvalue weighted by atomic mass is 10.2. The highest BCUT2D eigenvalue weighted by atomic mass is 35.5. The van der Waals surface area contributed by atoms with E-state index in [1.165, 1.54) is 40.7 Å². The molecule has 172 valence electrons. The lowest BCUT2D eigenvalue weighted by Crippen LogP contribution is -2.50. The number of alkyl halides is 2. The Morgan fingerprint density at radius 1 is 1.03 bits per heavy atom. The predicted octanol–water partition coefficient (Wildman–Crippen LogP) is 3.26. The number of carbonyl (C=O) groups excluding carboxylic acids is 1. The summed E-state index contributed by atoms with van der Waals surface area (Å²) in [6.07, 6.45) is -3.74. The fraction of sp³-hybridized carbons (Fsp3) is 0.316. The average Bonchev–Trinajstić information content (AvgIpc) is 3.03. The topological polar surface area (TPSA) is 88.2 Å². The molecule has 13 heteroatoms. The van der Waals surface area contributed by atoms with E-state index < -0.39 is 16.3 Å². The van der Waals surface area contributed by atoms with Crippen molar-refractivity contribution in [2.75, 3.05) is 38.0 Å². The number of amides is 1. The largest absolute Gasteiger partial charge is 0.586 e. The summed E-state index contributed by atoms with van der Waals surface area (Å²) in [5.74, 6) is -0.679. The van der Waals surface area contributed by atoms with Crippen molar-refractivity contribution in [2.45, 2.75) is 11.2 Å². The maximum Gasteiger partial charge on any atom is 0.586 e. The number of carbonyl (C=O) groups is 1. The van der Waals surface area contributed by atoms with E-state index in [0.29, 0.717) is 13.1 Å². The van der Waals surface area contributed by atoms with Crippen LogP contribution in [0.5, 0.6) is 11.5 Å². The molecular weight excluding hydrogens is 491 g/mol. The van der Waals surface area contributed by atoms with Gasteiger partial charge in [-0.3, -0.25) is 9.69 Å². The Morgan fingerprint density at radius 2 is 1.72 bits per heavy atom. The maximum absolute atomic E-state index is 13.1. The minimum absolute atomic E-state index is 0.00356. The molecule has 4 rings (SSSR count). The number of rotatable bonds is 5. The highest BCUT2D eigenvalue weighted by Gasteiger charge is 2.43. The molecule has 0 spiro atoms. The Balaban J connectivity index is 1.33. The van der Waals surface area contributed by atoms with Gasteiger partial charge < -0.3 is 14.8 Å². The van der Waals surface area contributed by atoms with Gasteiger partial charge in [0.2, 0.25) is 15.9 Å². The van der Waals surface area contributed by atoms with Crippen LogP contribution in [0.1, 0.15) is 0 Å². The van der Waals surface area contributed by atoms with Gasteiger partial charge >= 0.3 is 6.29 Å².